The predicted octanol–water partition coefficient (Wildman–Crippen LogP) is 6.22. The molecule has 0 spiro atoms. The van der Waals surface area contributed by atoms with Crippen molar-refractivity contribution in [2.75, 3.05) is 31.6 Å². The quantitative estimate of drug-likeness (QED) is 0.439. The highest BCUT2D eigenvalue weighted by atomic mass is 16.6. The first-order chi connectivity index (χ1) is 16.7. The second-order valence-corrected chi connectivity index (χ2v) is 10.4. The summed E-state index contributed by atoms with van der Waals surface area (Å²) in [5.74, 6) is 1.56. The summed E-state index contributed by atoms with van der Waals surface area (Å²) >= 11 is 0. The number of amides is 1. The number of fused-ring (bicyclic) bond motifs is 1. The van der Waals surface area contributed by atoms with E-state index < -0.39 is 11.7 Å². The van der Waals surface area contributed by atoms with E-state index in [-0.39, 0.29) is 0 Å². The number of nitrogens with zero attached hydrogens (tertiary/aromatic N) is 2. The second-order valence-electron chi connectivity index (χ2n) is 10.4. The minimum atomic E-state index is -0.508. The number of carbonyl (C=O) groups is 1. The number of benzene rings is 2. The largest absolute Gasteiger partial charge is 0.492 e. The molecular weight excluding hydrogens is 438 g/mol. The van der Waals surface area contributed by atoms with Crippen molar-refractivity contribution >= 4 is 22.7 Å². The van der Waals surface area contributed by atoms with Gasteiger partial charge < -0.3 is 9.47 Å². The van der Waals surface area contributed by atoms with Crippen LogP contribution in [0.5, 0.6) is 5.75 Å². The van der Waals surface area contributed by atoms with E-state index in [4.69, 9.17) is 9.47 Å². The molecule has 0 atom stereocenters. The third kappa shape index (κ3) is 7.43. The van der Waals surface area contributed by atoms with Crippen LogP contribution in [0.3, 0.4) is 0 Å². The molecule has 0 aliphatic carbocycles. The fourth-order valence-corrected chi connectivity index (χ4v) is 4.58. The Labute approximate surface area is 208 Å². The molecule has 2 aromatic carbocycles. The van der Waals surface area contributed by atoms with E-state index in [9.17, 15) is 4.79 Å². The van der Waals surface area contributed by atoms with Gasteiger partial charge in [0.15, 0.2) is 0 Å². The Morgan fingerprint density at radius 3 is 2.63 bits per heavy atom. The van der Waals surface area contributed by atoms with Crippen molar-refractivity contribution in [1.82, 2.24) is 9.88 Å². The number of likely N-dealkylation sites (tertiary alicyclic amines) is 1. The molecule has 1 fully saturated rings. The number of hydrogen-bond donors (Lipinski definition) is 1. The maximum atomic E-state index is 12.1. The number of hydrogen-bond acceptors (Lipinski definition) is 5. The van der Waals surface area contributed by atoms with E-state index in [2.05, 4.69) is 33.4 Å². The minimum Gasteiger partial charge on any atom is -0.492 e. The lowest BCUT2D eigenvalue weighted by Crippen LogP contribution is -2.37. The van der Waals surface area contributed by atoms with Crippen molar-refractivity contribution < 1.29 is 14.3 Å². The van der Waals surface area contributed by atoms with Gasteiger partial charge in [0.05, 0.1) is 5.52 Å². The Morgan fingerprint density at radius 1 is 1.09 bits per heavy atom. The summed E-state index contributed by atoms with van der Waals surface area (Å²) in [6, 6.07) is 18.3. The Kier molecular flexibility index (Phi) is 7.91. The zero-order chi connectivity index (χ0) is 24.8. The van der Waals surface area contributed by atoms with Crippen LogP contribution in [-0.2, 0) is 11.2 Å². The van der Waals surface area contributed by atoms with Crippen LogP contribution in [0, 0.1) is 12.8 Å². The zero-order valence-electron chi connectivity index (χ0n) is 21.3. The summed E-state index contributed by atoms with van der Waals surface area (Å²) in [4.78, 5) is 19.2. The van der Waals surface area contributed by atoms with Crippen LogP contribution in [0.4, 0.5) is 10.5 Å². The smallest absolute Gasteiger partial charge is 0.412 e. The molecule has 1 N–H and O–H groups in total. The maximum absolute atomic E-state index is 12.1. The van der Waals surface area contributed by atoms with Gasteiger partial charge in [-0.25, -0.2) is 4.79 Å². The lowest BCUT2D eigenvalue weighted by Gasteiger charge is -2.32. The molecule has 1 saturated heterocycles. The molecule has 4 rings (SSSR count). The zero-order valence-corrected chi connectivity index (χ0v) is 21.3. The molecule has 6 heteroatoms. The highest BCUT2D eigenvalue weighted by Gasteiger charge is 2.20. The van der Waals surface area contributed by atoms with Crippen molar-refractivity contribution in [2.45, 2.75) is 52.6 Å². The number of piperidine rings is 1. The van der Waals surface area contributed by atoms with E-state index in [1.165, 1.54) is 18.4 Å². The first kappa shape index (κ1) is 25.0. The van der Waals surface area contributed by atoms with E-state index in [1.54, 1.807) is 0 Å². The number of nitrogens with one attached hydrogen (secondary N) is 1. The van der Waals surface area contributed by atoms with Gasteiger partial charge in [0.1, 0.15) is 18.0 Å². The summed E-state index contributed by atoms with van der Waals surface area (Å²) in [6.45, 7) is 11.4. The maximum Gasteiger partial charge on any atom is 0.412 e. The molecule has 1 aromatic heterocycles. The van der Waals surface area contributed by atoms with Crippen LogP contribution in [-0.4, -0.2) is 47.8 Å². The van der Waals surface area contributed by atoms with Crippen LogP contribution < -0.4 is 10.1 Å². The van der Waals surface area contributed by atoms with Gasteiger partial charge >= 0.3 is 6.09 Å². The number of anilines is 1. The predicted molar refractivity (Wildman–Crippen MR) is 141 cm³/mol. The first-order valence-electron chi connectivity index (χ1n) is 12.6. The monoisotopic (exact) mass is 475 g/mol. The molecule has 2 heterocycles. The first-order valence-corrected chi connectivity index (χ1v) is 12.6. The topological polar surface area (TPSA) is 63.7 Å². The van der Waals surface area contributed by atoms with Crippen molar-refractivity contribution in [2.24, 2.45) is 5.92 Å². The summed E-state index contributed by atoms with van der Waals surface area (Å²) in [5, 5.41) is 3.92. The van der Waals surface area contributed by atoms with E-state index in [1.807, 2.05) is 64.1 Å². The molecule has 1 aliphatic heterocycles. The average molecular weight is 476 g/mol. The Balaban J connectivity index is 1.22. The van der Waals surface area contributed by atoms with Crippen LogP contribution >= 0.6 is 0 Å². The number of pyridine rings is 1. The van der Waals surface area contributed by atoms with Gasteiger partial charge in [-0.3, -0.25) is 15.2 Å². The minimum absolute atomic E-state index is 0.417. The molecule has 0 unspecified atom stereocenters. The van der Waals surface area contributed by atoms with Gasteiger partial charge in [-0.2, -0.15) is 0 Å². The SMILES string of the molecule is Cc1ccc2c(OCCN3CCC(Cc4cccc(NC(=O)OC(C)(C)C)c4)CC3)cccc2n1. The van der Waals surface area contributed by atoms with Crippen molar-refractivity contribution in [1.29, 1.82) is 0 Å². The second kappa shape index (κ2) is 11.1. The number of rotatable bonds is 7. The Hall–Kier alpha value is -3.12. The summed E-state index contributed by atoms with van der Waals surface area (Å²) in [7, 11) is 0. The third-order valence-electron chi connectivity index (χ3n) is 6.30. The number of ether oxygens (including phenoxy) is 2. The lowest BCUT2D eigenvalue weighted by molar-refractivity contribution is 0.0636. The molecule has 0 bridgehead atoms. The van der Waals surface area contributed by atoms with Crippen molar-refractivity contribution in [3.05, 3.63) is 65.9 Å². The van der Waals surface area contributed by atoms with Crippen LogP contribution in [0.15, 0.2) is 54.6 Å². The molecule has 1 aliphatic rings. The normalized spacial score (nSPS) is 15.2. The molecule has 3 aromatic rings. The Morgan fingerprint density at radius 2 is 1.86 bits per heavy atom. The van der Waals surface area contributed by atoms with Crippen molar-refractivity contribution in [3.8, 4) is 5.75 Å². The van der Waals surface area contributed by atoms with Gasteiger partial charge in [-0.1, -0.05) is 18.2 Å². The molecule has 0 saturated carbocycles. The summed E-state index contributed by atoms with van der Waals surface area (Å²) in [5.41, 5.74) is 3.52. The molecule has 186 valence electrons. The molecule has 35 heavy (non-hydrogen) atoms. The third-order valence-corrected chi connectivity index (χ3v) is 6.30. The molecular formula is C29H37N3O3. The number of aryl methyl sites for hydroxylation is 1. The van der Waals surface area contributed by atoms with E-state index in [0.717, 1.165) is 54.1 Å². The molecule has 1 amide bonds. The summed E-state index contributed by atoms with van der Waals surface area (Å²) < 4.78 is 11.5. The number of carbonyl (C=O) groups excluding carboxylic acids is 1. The summed E-state index contributed by atoms with van der Waals surface area (Å²) in [6.07, 6.45) is 2.94. The molecule has 6 nitrogen and oxygen atoms in total. The van der Waals surface area contributed by atoms with Gasteiger partial charge in [0, 0.05) is 23.3 Å². The van der Waals surface area contributed by atoms with Crippen molar-refractivity contribution in [3.63, 3.8) is 0 Å². The van der Waals surface area contributed by atoms with E-state index in [0.29, 0.717) is 12.5 Å². The highest BCUT2D eigenvalue weighted by Crippen LogP contribution is 2.26. The average Bonchev–Trinajstić information content (AvgIpc) is 2.79. The molecule has 0 radical (unpaired) electrons. The van der Waals surface area contributed by atoms with Gasteiger partial charge in [-0.15, -0.1) is 0 Å². The van der Waals surface area contributed by atoms with Gasteiger partial charge in [0.25, 0.3) is 0 Å². The van der Waals surface area contributed by atoms with Crippen LogP contribution in [0.1, 0.15) is 44.9 Å². The van der Waals surface area contributed by atoms with E-state index >= 15 is 0 Å². The fraction of sp³-hybridized carbons (Fsp3) is 0.448. The van der Waals surface area contributed by atoms with Crippen LogP contribution in [0.2, 0.25) is 0 Å². The van der Waals surface area contributed by atoms with Gasteiger partial charge in [-0.05, 0) is 108 Å². The lowest BCUT2D eigenvalue weighted by atomic mass is 9.90. The number of aromatic nitrogens is 1. The Bertz CT molecular complexity index is 1150. The van der Waals surface area contributed by atoms with Gasteiger partial charge in [0.2, 0.25) is 0 Å². The highest BCUT2D eigenvalue weighted by molar-refractivity contribution is 5.85. The standard InChI is InChI=1S/C29H37N3O3/c1-21-11-12-25-26(30-21)9-6-10-27(25)34-18-17-32-15-13-22(14-16-32)19-23-7-5-8-24(20-23)31-28(33)35-29(2,3)4/h5-12,20,22H,13-19H2,1-4H3,(H,31,33). The fourth-order valence-electron chi connectivity index (χ4n) is 4.58. The van der Waals surface area contributed by atoms with Crippen LogP contribution in [0.25, 0.3) is 10.9 Å².